The van der Waals surface area contributed by atoms with E-state index in [1.54, 1.807) is 0 Å². The van der Waals surface area contributed by atoms with Crippen LogP contribution in [0.3, 0.4) is 0 Å². The largest absolute Gasteiger partial charge is 0.103 e. The smallest absolute Gasteiger partial charge is 0.0234 e. The summed E-state index contributed by atoms with van der Waals surface area (Å²) in [5.74, 6) is 1.63. The van der Waals surface area contributed by atoms with E-state index in [0.717, 1.165) is 11.8 Å². The summed E-state index contributed by atoms with van der Waals surface area (Å²) in [6.07, 6.45) is 11.7. The van der Waals surface area contributed by atoms with Gasteiger partial charge < -0.3 is 0 Å². The van der Waals surface area contributed by atoms with Crippen LogP contribution in [0.5, 0.6) is 0 Å². The van der Waals surface area contributed by atoms with E-state index in [0.29, 0.717) is 0 Å². The monoisotopic (exact) mass is 196 g/mol. The van der Waals surface area contributed by atoms with E-state index in [1.165, 1.54) is 44.9 Å². The Morgan fingerprint density at radius 2 is 1.86 bits per heavy atom. The summed E-state index contributed by atoms with van der Waals surface area (Å²) >= 11 is 0. The fourth-order valence-electron chi connectivity index (χ4n) is 1.85. The van der Waals surface area contributed by atoms with E-state index < -0.39 is 0 Å². The van der Waals surface area contributed by atoms with E-state index in [2.05, 4.69) is 33.4 Å². The Balaban J connectivity index is 3.52. The lowest BCUT2D eigenvalue weighted by Gasteiger charge is -2.16. The molecule has 14 heavy (non-hydrogen) atoms. The highest BCUT2D eigenvalue weighted by atomic mass is 14.1. The molecule has 0 aromatic carbocycles. The zero-order chi connectivity index (χ0) is 10.8. The van der Waals surface area contributed by atoms with Gasteiger partial charge >= 0.3 is 0 Å². The first-order valence-corrected chi connectivity index (χ1v) is 6.37. The maximum absolute atomic E-state index is 3.95. The van der Waals surface area contributed by atoms with Gasteiger partial charge in [-0.25, -0.2) is 0 Å². The van der Waals surface area contributed by atoms with E-state index in [1.807, 2.05) is 0 Å². The average molecular weight is 196 g/mol. The maximum Gasteiger partial charge on any atom is -0.0234 e. The Morgan fingerprint density at radius 1 is 1.14 bits per heavy atom. The first kappa shape index (κ1) is 13.7. The van der Waals surface area contributed by atoms with Gasteiger partial charge in [-0.3, -0.25) is 0 Å². The summed E-state index contributed by atoms with van der Waals surface area (Å²) in [4.78, 5) is 0. The fourth-order valence-corrected chi connectivity index (χ4v) is 1.85. The van der Waals surface area contributed by atoms with Crippen molar-refractivity contribution >= 4 is 0 Å². The fraction of sp³-hybridized carbons (Fsp3) is 0.857. The molecule has 0 saturated heterocycles. The zero-order valence-electron chi connectivity index (χ0n) is 10.4. The average Bonchev–Trinajstić information content (AvgIpc) is 2.22. The Morgan fingerprint density at radius 3 is 2.36 bits per heavy atom. The van der Waals surface area contributed by atoms with Gasteiger partial charge in [0.05, 0.1) is 0 Å². The van der Waals surface area contributed by atoms with Crippen LogP contribution in [-0.4, -0.2) is 0 Å². The molecule has 0 amide bonds. The molecule has 0 heterocycles. The first-order chi connectivity index (χ1) is 6.74. The molecule has 0 rings (SSSR count). The second-order valence-corrected chi connectivity index (χ2v) is 4.59. The van der Waals surface area contributed by atoms with Gasteiger partial charge in [-0.2, -0.15) is 0 Å². The second kappa shape index (κ2) is 9.30. The van der Waals surface area contributed by atoms with Crippen LogP contribution >= 0.6 is 0 Å². The molecule has 0 aliphatic carbocycles. The van der Waals surface area contributed by atoms with Crippen molar-refractivity contribution in [3.05, 3.63) is 12.7 Å². The minimum Gasteiger partial charge on any atom is -0.103 e. The summed E-state index contributed by atoms with van der Waals surface area (Å²) in [7, 11) is 0. The van der Waals surface area contributed by atoms with Gasteiger partial charge in [0.25, 0.3) is 0 Å². The Kier molecular flexibility index (Phi) is 9.13. The third-order valence-corrected chi connectivity index (χ3v) is 3.16. The third-order valence-electron chi connectivity index (χ3n) is 3.16. The van der Waals surface area contributed by atoms with Gasteiger partial charge in [0.1, 0.15) is 0 Å². The van der Waals surface area contributed by atoms with Crippen LogP contribution in [-0.2, 0) is 0 Å². The maximum atomic E-state index is 3.95. The highest BCUT2D eigenvalue weighted by Gasteiger charge is 2.08. The molecule has 84 valence electrons. The predicted octanol–water partition coefficient (Wildman–Crippen LogP) is 5.20. The molecule has 0 N–H and O–H groups in total. The Bertz CT molecular complexity index is 126. The van der Waals surface area contributed by atoms with Gasteiger partial charge in [0.2, 0.25) is 0 Å². The van der Waals surface area contributed by atoms with Gasteiger partial charge in [-0.15, -0.1) is 6.58 Å². The summed E-state index contributed by atoms with van der Waals surface area (Å²) in [6, 6.07) is 0. The van der Waals surface area contributed by atoms with Gasteiger partial charge in [-0.1, -0.05) is 59.0 Å². The molecule has 0 aliphatic rings. The predicted molar refractivity (Wildman–Crippen MR) is 66.5 cm³/mol. The van der Waals surface area contributed by atoms with Crippen molar-refractivity contribution in [2.75, 3.05) is 0 Å². The summed E-state index contributed by atoms with van der Waals surface area (Å²) < 4.78 is 0. The van der Waals surface area contributed by atoms with Crippen LogP contribution in [0.2, 0.25) is 0 Å². The number of allylic oxidation sites excluding steroid dienone is 1. The molecule has 0 radical (unpaired) electrons. The quantitative estimate of drug-likeness (QED) is 0.351. The van der Waals surface area contributed by atoms with Crippen LogP contribution < -0.4 is 0 Å². The lowest BCUT2D eigenvalue weighted by Crippen LogP contribution is -2.03. The molecule has 0 nitrogen and oxygen atoms in total. The van der Waals surface area contributed by atoms with Crippen LogP contribution in [0.15, 0.2) is 12.7 Å². The number of hydrogen-bond acceptors (Lipinski definition) is 0. The minimum absolute atomic E-state index is 0.766. The summed E-state index contributed by atoms with van der Waals surface area (Å²) in [5, 5.41) is 0. The van der Waals surface area contributed by atoms with Crippen LogP contribution in [0, 0.1) is 11.8 Å². The molecule has 2 unspecified atom stereocenters. The van der Waals surface area contributed by atoms with Gasteiger partial charge in [0.15, 0.2) is 0 Å². The third kappa shape index (κ3) is 7.17. The minimum atomic E-state index is 0.766. The zero-order valence-corrected chi connectivity index (χ0v) is 10.4. The van der Waals surface area contributed by atoms with Crippen molar-refractivity contribution in [2.45, 2.75) is 65.7 Å². The molecule has 0 aromatic heterocycles. The van der Waals surface area contributed by atoms with Crippen molar-refractivity contribution in [3.8, 4) is 0 Å². The van der Waals surface area contributed by atoms with E-state index in [-0.39, 0.29) is 0 Å². The Hall–Kier alpha value is -0.260. The number of rotatable bonds is 9. The molecular weight excluding hydrogens is 168 g/mol. The standard InChI is InChI=1S/C14H28/c1-5-8-9-10-11-14(7-3)12-13(4)6-2/h7,13-14H,3,5-6,8-12H2,1-2,4H3. The molecule has 0 aliphatic heterocycles. The van der Waals surface area contributed by atoms with Crippen LogP contribution in [0.1, 0.15) is 65.7 Å². The first-order valence-electron chi connectivity index (χ1n) is 6.37. The lowest BCUT2D eigenvalue weighted by molar-refractivity contribution is 0.404. The molecule has 0 fully saturated rings. The van der Waals surface area contributed by atoms with Crippen molar-refractivity contribution in [2.24, 2.45) is 11.8 Å². The normalized spacial score (nSPS) is 15.1. The van der Waals surface area contributed by atoms with Gasteiger partial charge in [0, 0.05) is 0 Å². The molecule has 0 aromatic rings. The van der Waals surface area contributed by atoms with E-state index in [9.17, 15) is 0 Å². The molecule has 0 bridgehead atoms. The highest BCUT2D eigenvalue weighted by molar-refractivity contribution is 4.80. The molecule has 0 saturated carbocycles. The van der Waals surface area contributed by atoms with Crippen molar-refractivity contribution < 1.29 is 0 Å². The Labute approximate surface area is 90.8 Å². The molecule has 0 spiro atoms. The second-order valence-electron chi connectivity index (χ2n) is 4.59. The van der Waals surface area contributed by atoms with Gasteiger partial charge in [-0.05, 0) is 24.7 Å². The lowest BCUT2D eigenvalue weighted by atomic mass is 9.90. The molecule has 2 atom stereocenters. The SMILES string of the molecule is C=CC(CCCCCC)CC(C)CC. The number of unbranched alkanes of at least 4 members (excludes halogenated alkanes) is 3. The summed E-state index contributed by atoms with van der Waals surface area (Å²) in [6.45, 7) is 10.8. The van der Waals surface area contributed by atoms with Crippen molar-refractivity contribution in [3.63, 3.8) is 0 Å². The van der Waals surface area contributed by atoms with E-state index in [4.69, 9.17) is 0 Å². The van der Waals surface area contributed by atoms with Crippen molar-refractivity contribution in [1.29, 1.82) is 0 Å². The molecular formula is C14H28. The van der Waals surface area contributed by atoms with Crippen molar-refractivity contribution in [1.82, 2.24) is 0 Å². The topological polar surface area (TPSA) is 0 Å². The molecule has 0 heteroatoms. The van der Waals surface area contributed by atoms with E-state index >= 15 is 0 Å². The highest BCUT2D eigenvalue weighted by Crippen LogP contribution is 2.21. The van der Waals surface area contributed by atoms with Crippen LogP contribution in [0.25, 0.3) is 0 Å². The summed E-state index contributed by atoms with van der Waals surface area (Å²) in [5.41, 5.74) is 0. The number of hydrogen-bond donors (Lipinski definition) is 0. The van der Waals surface area contributed by atoms with Crippen LogP contribution in [0.4, 0.5) is 0 Å².